The van der Waals surface area contributed by atoms with Gasteiger partial charge in [0.15, 0.2) is 0 Å². The summed E-state index contributed by atoms with van der Waals surface area (Å²) in [4.78, 5) is 22.3. The number of nitrogen functional groups attached to an aromatic ring is 1. The van der Waals surface area contributed by atoms with Crippen molar-refractivity contribution in [3.8, 4) is 5.82 Å². The lowest BCUT2D eigenvalue weighted by atomic mass is 10.3. The number of rotatable bonds is 4. The van der Waals surface area contributed by atoms with Gasteiger partial charge in [-0.3, -0.25) is 10.1 Å². The third kappa shape index (κ3) is 2.30. The van der Waals surface area contributed by atoms with Crippen LogP contribution in [0.2, 0.25) is 0 Å². The van der Waals surface area contributed by atoms with Gasteiger partial charge in [-0.15, -0.1) is 0 Å². The maximum absolute atomic E-state index is 11.7. The van der Waals surface area contributed by atoms with Crippen LogP contribution in [-0.2, 0) is 11.8 Å². The maximum Gasteiger partial charge on any atom is 0.343 e. The van der Waals surface area contributed by atoms with Crippen molar-refractivity contribution in [1.29, 1.82) is 0 Å². The van der Waals surface area contributed by atoms with Crippen LogP contribution in [0, 0.1) is 17.0 Å². The van der Waals surface area contributed by atoms with Crippen LogP contribution in [0.3, 0.4) is 0 Å². The average Bonchev–Trinajstić information content (AvgIpc) is 2.89. The number of nitro groups is 1. The molecule has 2 rings (SSSR count). The Labute approximate surface area is 119 Å². The fourth-order valence-corrected chi connectivity index (χ4v) is 1.98. The molecule has 0 spiro atoms. The van der Waals surface area contributed by atoms with Crippen molar-refractivity contribution in [2.24, 2.45) is 7.05 Å². The van der Waals surface area contributed by atoms with Crippen LogP contribution in [0.4, 0.5) is 11.5 Å². The molecule has 0 fully saturated rings. The molecule has 0 aromatic carbocycles. The van der Waals surface area contributed by atoms with Crippen LogP contribution >= 0.6 is 0 Å². The molecule has 0 unspecified atom stereocenters. The second-order valence-corrected chi connectivity index (χ2v) is 4.21. The predicted octanol–water partition coefficient (Wildman–Crippen LogP) is 0.581. The number of ether oxygens (including phenoxy) is 1. The molecule has 0 saturated heterocycles. The molecular weight excluding hydrogens is 280 g/mol. The smallest absolute Gasteiger partial charge is 0.343 e. The highest BCUT2D eigenvalue weighted by Gasteiger charge is 2.29. The van der Waals surface area contributed by atoms with E-state index in [9.17, 15) is 14.9 Å². The Morgan fingerprint density at radius 2 is 2.24 bits per heavy atom. The molecular formula is C11H14N6O4. The number of nitrogens with zero attached hydrogens (tertiary/aromatic N) is 5. The summed E-state index contributed by atoms with van der Waals surface area (Å²) in [6.07, 6.45) is 1.21. The minimum absolute atomic E-state index is 0.0421. The topological polar surface area (TPSA) is 131 Å². The van der Waals surface area contributed by atoms with Crippen molar-refractivity contribution < 1.29 is 14.5 Å². The van der Waals surface area contributed by atoms with E-state index in [1.165, 1.54) is 24.9 Å². The van der Waals surface area contributed by atoms with Gasteiger partial charge in [0, 0.05) is 7.05 Å². The normalized spacial score (nSPS) is 10.6. The van der Waals surface area contributed by atoms with Gasteiger partial charge in [-0.25, -0.2) is 9.48 Å². The SMILES string of the molecule is CCOC(=O)c1cnn(-c2c([N+](=O)[O-])c(C)nn2C)c1N. The Balaban J connectivity index is 2.59. The zero-order valence-electron chi connectivity index (χ0n) is 11.7. The summed E-state index contributed by atoms with van der Waals surface area (Å²) >= 11 is 0. The molecule has 0 aliphatic carbocycles. The van der Waals surface area contributed by atoms with E-state index in [0.717, 1.165) is 4.68 Å². The summed E-state index contributed by atoms with van der Waals surface area (Å²) in [7, 11) is 1.53. The zero-order chi connectivity index (χ0) is 15.7. The molecule has 2 aromatic rings. The van der Waals surface area contributed by atoms with Gasteiger partial charge in [-0.1, -0.05) is 0 Å². The molecule has 0 aliphatic rings. The van der Waals surface area contributed by atoms with E-state index in [4.69, 9.17) is 10.5 Å². The van der Waals surface area contributed by atoms with Crippen LogP contribution in [0.15, 0.2) is 6.20 Å². The number of aromatic nitrogens is 4. The molecule has 0 bridgehead atoms. The molecule has 0 atom stereocenters. The van der Waals surface area contributed by atoms with Crippen molar-refractivity contribution in [3.63, 3.8) is 0 Å². The van der Waals surface area contributed by atoms with Gasteiger partial charge in [-0.2, -0.15) is 14.9 Å². The Morgan fingerprint density at radius 1 is 1.57 bits per heavy atom. The van der Waals surface area contributed by atoms with E-state index in [2.05, 4.69) is 10.2 Å². The van der Waals surface area contributed by atoms with E-state index in [1.54, 1.807) is 6.92 Å². The molecule has 2 N–H and O–H groups in total. The van der Waals surface area contributed by atoms with Crippen molar-refractivity contribution in [1.82, 2.24) is 19.6 Å². The summed E-state index contributed by atoms with van der Waals surface area (Å²) in [5.41, 5.74) is 5.90. The van der Waals surface area contributed by atoms with Crippen LogP contribution in [-0.4, -0.2) is 37.1 Å². The monoisotopic (exact) mass is 294 g/mol. The van der Waals surface area contributed by atoms with Gasteiger partial charge in [-0.05, 0) is 13.8 Å². The van der Waals surface area contributed by atoms with Crippen LogP contribution in [0.1, 0.15) is 23.0 Å². The molecule has 10 heteroatoms. The van der Waals surface area contributed by atoms with Gasteiger partial charge in [0.2, 0.25) is 5.82 Å². The summed E-state index contributed by atoms with van der Waals surface area (Å²) in [5.74, 6) is -0.604. The number of anilines is 1. The number of carbonyl (C=O) groups is 1. The van der Waals surface area contributed by atoms with Crippen LogP contribution in [0.25, 0.3) is 5.82 Å². The minimum atomic E-state index is -0.636. The summed E-state index contributed by atoms with van der Waals surface area (Å²) in [5, 5.41) is 19.1. The van der Waals surface area contributed by atoms with E-state index >= 15 is 0 Å². The van der Waals surface area contributed by atoms with E-state index in [1.807, 2.05) is 0 Å². The number of hydrogen-bond acceptors (Lipinski definition) is 7. The summed E-state index contributed by atoms with van der Waals surface area (Å²) < 4.78 is 7.23. The van der Waals surface area contributed by atoms with Crippen LogP contribution < -0.4 is 5.73 Å². The fraction of sp³-hybridized carbons (Fsp3) is 0.364. The predicted molar refractivity (Wildman–Crippen MR) is 72.1 cm³/mol. The highest BCUT2D eigenvalue weighted by atomic mass is 16.6. The van der Waals surface area contributed by atoms with Crippen molar-refractivity contribution in [2.75, 3.05) is 12.3 Å². The molecule has 21 heavy (non-hydrogen) atoms. The Bertz CT molecular complexity index is 717. The second-order valence-electron chi connectivity index (χ2n) is 4.21. The second kappa shape index (κ2) is 5.23. The molecule has 2 heterocycles. The molecule has 0 radical (unpaired) electrons. The van der Waals surface area contributed by atoms with Gasteiger partial charge in [0.25, 0.3) is 0 Å². The lowest BCUT2D eigenvalue weighted by Crippen LogP contribution is -2.12. The zero-order valence-corrected chi connectivity index (χ0v) is 11.7. The molecule has 112 valence electrons. The van der Waals surface area contributed by atoms with Gasteiger partial charge < -0.3 is 10.5 Å². The van der Waals surface area contributed by atoms with Gasteiger partial charge >= 0.3 is 11.7 Å². The largest absolute Gasteiger partial charge is 0.462 e. The van der Waals surface area contributed by atoms with Crippen molar-refractivity contribution in [3.05, 3.63) is 27.6 Å². The maximum atomic E-state index is 11.7. The van der Waals surface area contributed by atoms with E-state index in [-0.39, 0.29) is 35.2 Å². The van der Waals surface area contributed by atoms with Crippen molar-refractivity contribution in [2.45, 2.75) is 13.8 Å². The lowest BCUT2D eigenvalue weighted by Gasteiger charge is -2.05. The third-order valence-corrected chi connectivity index (χ3v) is 2.85. The van der Waals surface area contributed by atoms with Gasteiger partial charge in [0.05, 0.1) is 17.7 Å². The first-order valence-electron chi connectivity index (χ1n) is 6.07. The number of nitrogens with two attached hydrogens (primary N) is 1. The fourth-order valence-electron chi connectivity index (χ4n) is 1.98. The summed E-state index contributed by atoms with van der Waals surface area (Å²) in [6, 6.07) is 0. The quantitative estimate of drug-likeness (QED) is 0.495. The number of aryl methyl sites for hydroxylation is 2. The third-order valence-electron chi connectivity index (χ3n) is 2.85. The highest BCUT2D eigenvalue weighted by Crippen LogP contribution is 2.28. The first kappa shape index (κ1) is 14.5. The Kier molecular flexibility index (Phi) is 3.61. The number of esters is 1. The van der Waals surface area contributed by atoms with E-state index < -0.39 is 10.9 Å². The standard InChI is InChI=1S/C11H14N6O4/c1-4-21-11(18)7-5-13-16(9(7)12)10-8(17(19)20)6(2)14-15(10)3/h5H,4,12H2,1-3H3. The first-order chi connectivity index (χ1) is 9.88. The summed E-state index contributed by atoms with van der Waals surface area (Å²) in [6.45, 7) is 3.36. The Morgan fingerprint density at radius 3 is 2.81 bits per heavy atom. The molecule has 0 aliphatic heterocycles. The molecule has 0 amide bonds. The van der Waals surface area contributed by atoms with Gasteiger partial charge in [0.1, 0.15) is 17.1 Å². The number of carbonyl (C=O) groups excluding carboxylic acids is 1. The average molecular weight is 294 g/mol. The number of hydrogen-bond donors (Lipinski definition) is 1. The molecule has 2 aromatic heterocycles. The first-order valence-corrected chi connectivity index (χ1v) is 6.07. The minimum Gasteiger partial charge on any atom is -0.462 e. The van der Waals surface area contributed by atoms with Crippen LogP contribution in [0.5, 0.6) is 0 Å². The highest BCUT2D eigenvalue weighted by molar-refractivity contribution is 5.94. The van der Waals surface area contributed by atoms with Crippen molar-refractivity contribution >= 4 is 17.5 Å². The van der Waals surface area contributed by atoms with E-state index in [0.29, 0.717) is 0 Å². The molecule has 0 saturated carbocycles. The lowest BCUT2D eigenvalue weighted by molar-refractivity contribution is -0.385. The Hall–Kier alpha value is -2.91. The molecule has 10 nitrogen and oxygen atoms in total.